The number of carbonyl (C=O) groups excluding carboxylic acids is 1. The number of aliphatic carboxylic acids is 1. The van der Waals surface area contributed by atoms with Gasteiger partial charge in [-0.2, -0.15) is 0 Å². The minimum Gasteiger partial charge on any atom is -0.481 e. The van der Waals surface area contributed by atoms with E-state index in [1.54, 1.807) is 13.0 Å². The first-order valence-corrected chi connectivity index (χ1v) is 5.63. The normalized spacial score (nSPS) is 11.7. The Balaban J connectivity index is 2.58. The van der Waals surface area contributed by atoms with Gasteiger partial charge in [0.05, 0.1) is 0 Å². The lowest BCUT2D eigenvalue weighted by Gasteiger charge is -2.14. The monoisotopic (exact) mass is 251 g/mol. The molecule has 0 aromatic heterocycles. The van der Waals surface area contributed by atoms with Crippen LogP contribution in [0, 0.1) is 13.8 Å². The Bertz CT molecular complexity index is 456. The minimum absolute atomic E-state index is 0.403. The molecule has 0 bridgehead atoms. The number of hydrogen-bond donors (Lipinski definition) is 2. The first-order valence-electron chi connectivity index (χ1n) is 5.63. The maximum Gasteiger partial charge on any atom is 0.322 e. The van der Waals surface area contributed by atoms with Crippen LogP contribution in [-0.2, 0) is 9.59 Å². The van der Waals surface area contributed by atoms with E-state index in [1.807, 2.05) is 26.0 Å². The fourth-order valence-electron chi connectivity index (χ4n) is 1.35. The molecule has 1 aromatic carbocycles. The highest BCUT2D eigenvalue weighted by molar-refractivity contribution is 5.84. The van der Waals surface area contributed by atoms with Crippen LogP contribution in [0.2, 0.25) is 0 Å². The van der Waals surface area contributed by atoms with Crippen LogP contribution in [0.5, 0.6) is 5.75 Å². The lowest BCUT2D eigenvalue weighted by Crippen LogP contribution is -2.39. The molecule has 1 aromatic rings. The van der Waals surface area contributed by atoms with E-state index < -0.39 is 24.5 Å². The maximum atomic E-state index is 11.5. The van der Waals surface area contributed by atoms with Crippen LogP contribution >= 0.6 is 0 Å². The van der Waals surface area contributed by atoms with Crippen LogP contribution in [0.4, 0.5) is 0 Å². The quantitative estimate of drug-likeness (QED) is 0.826. The van der Waals surface area contributed by atoms with Gasteiger partial charge in [-0.1, -0.05) is 6.07 Å². The summed E-state index contributed by atoms with van der Waals surface area (Å²) in [5, 5.41) is 10.7. The summed E-state index contributed by atoms with van der Waals surface area (Å²) in [6.07, 6.45) is -0.730. The lowest BCUT2D eigenvalue weighted by atomic mass is 10.1. The zero-order valence-corrected chi connectivity index (χ0v) is 10.7. The Morgan fingerprint density at radius 3 is 2.56 bits per heavy atom. The number of aryl methyl sites for hydroxylation is 2. The number of carboxylic acid groups (broad SMARTS) is 1. The Morgan fingerprint density at radius 2 is 2.00 bits per heavy atom. The summed E-state index contributed by atoms with van der Waals surface area (Å²) in [4.78, 5) is 21.8. The number of hydrogen-bond acceptors (Lipinski definition) is 3. The topological polar surface area (TPSA) is 75.6 Å². The van der Waals surface area contributed by atoms with E-state index in [1.165, 1.54) is 0 Å². The average Bonchev–Trinajstić information content (AvgIpc) is 2.30. The Hall–Kier alpha value is -2.04. The molecule has 0 aliphatic rings. The molecule has 18 heavy (non-hydrogen) atoms. The molecular weight excluding hydrogens is 234 g/mol. The van der Waals surface area contributed by atoms with Gasteiger partial charge in [0.2, 0.25) is 0 Å². The molecule has 0 aliphatic carbocycles. The summed E-state index contributed by atoms with van der Waals surface area (Å²) in [5.41, 5.74) is 2.22. The van der Waals surface area contributed by atoms with Gasteiger partial charge in [-0.15, -0.1) is 0 Å². The lowest BCUT2D eigenvalue weighted by molar-refractivity contribution is -0.139. The van der Waals surface area contributed by atoms with E-state index in [4.69, 9.17) is 9.84 Å². The first-order chi connectivity index (χ1) is 8.40. The molecule has 0 heterocycles. The maximum absolute atomic E-state index is 11.5. The van der Waals surface area contributed by atoms with Gasteiger partial charge < -0.3 is 15.2 Å². The summed E-state index contributed by atoms with van der Waals surface area (Å²) in [5.74, 6) is -0.937. The molecule has 0 radical (unpaired) electrons. The zero-order valence-electron chi connectivity index (χ0n) is 10.7. The number of ether oxygens (including phenoxy) is 1. The second-order valence-electron chi connectivity index (χ2n) is 4.12. The van der Waals surface area contributed by atoms with E-state index in [-0.39, 0.29) is 0 Å². The predicted molar refractivity (Wildman–Crippen MR) is 66.7 cm³/mol. The molecule has 2 N–H and O–H groups in total. The number of benzene rings is 1. The van der Waals surface area contributed by atoms with Crippen LogP contribution in [-0.4, -0.2) is 29.6 Å². The van der Waals surface area contributed by atoms with Crippen molar-refractivity contribution in [1.82, 2.24) is 5.32 Å². The van der Waals surface area contributed by atoms with Crippen molar-refractivity contribution in [2.24, 2.45) is 0 Å². The largest absolute Gasteiger partial charge is 0.481 e. The van der Waals surface area contributed by atoms with Crippen molar-refractivity contribution >= 4 is 11.9 Å². The second-order valence-corrected chi connectivity index (χ2v) is 4.12. The van der Waals surface area contributed by atoms with Crippen molar-refractivity contribution in [2.75, 3.05) is 6.54 Å². The van der Waals surface area contributed by atoms with Crippen molar-refractivity contribution in [2.45, 2.75) is 26.9 Å². The van der Waals surface area contributed by atoms with E-state index in [0.29, 0.717) is 5.75 Å². The molecule has 98 valence electrons. The van der Waals surface area contributed by atoms with Gasteiger partial charge >= 0.3 is 5.97 Å². The Kier molecular flexibility index (Phi) is 4.71. The molecule has 0 spiro atoms. The van der Waals surface area contributed by atoms with E-state index in [9.17, 15) is 9.59 Å². The van der Waals surface area contributed by atoms with Crippen molar-refractivity contribution in [3.63, 3.8) is 0 Å². The number of carboxylic acids is 1. The van der Waals surface area contributed by atoms with Crippen LogP contribution in [0.3, 0.4) is 0 Å². The molecular formula is C13H17NO4. The van der Waals surface area contributed by atoms with Crippen LogP contribution in [0.25, 0.3) is 0 Å². The number of rotatable bonds is 5. The summed E-state index contributed by atoms with van der Waals surface area (Å²) >= 11 is 0. The predicted octanol–water partition coefficient (Wildman–Crippen LogP) is 1.27. The van der Waals surface area contributed by atoms with Crippen molar-refractivity contribution in [3.05, 3.63) is 29.3 Å². The third-order valence-corrected chi connectivity index (χ3v) is 2.57. The standard InChI is InChI=1S/C13H17NO4/c1-8-4-5-11(6-9(8)2)18-10(3)13(17)14-7-12(15)16/h4-6,10H,7H2,1-3H3,(H,14,17)(H,15,16). The average molecular weight is 251 g/mol. The first kappa shape index (κ1) is 14.0. The highest BCUT2D eigenvalue weighted by Crippen LogP contribution is 2.17. The summed E-state index contributed by atoms with van der Waals surface area (Å²) in [7, 11) is 0. The number of carbonyl (C=O) groups is 2. The minimum atomic E-state index is -1.08. The summed E-state index contributed by atoms with van der Waals surface area (Å²) < 4.78 is 5.44. The fraction of sp³-hybridized carbons (Fsp3) is 0.385. The van der Waals surface area contributed by atoms with Crippen LogP contribution in [0.15, 0.2) is 18.2 Å². The SMILES string of the molecule is Cc1ccc(OC(C)C(=O)NCC(=O)O)cc1C. The fourth-order valence-corrected chi connectivity index (χ4v) is 1.35. The summed E-state index contributed by atoms with van der Waals surface area (Å²) in [6.45, 7) is 5.12. The van der Waals surface area contributed by atoms with Gasteiger partial charge in [0.1, 0.15) is 12.3 Å². The molecule has 5 nitrogen and oxygen atoms in total. The Morgan fingerprint density at radius 1 is 1.33 bits per heavy atom. The molecule has 0 aliphatic heterocycles. The summed E-state index contributed by atoms with van der Waals surface area (Å²) in [6, 6.07) is 5.53. The van der Waals surface area contributed by atoms with Crippen molar-refractivity contribution < 1.29 is 19.4 Å². The highest BCUT2D eigenvalue weighted by Gasteiger charge is 2.15. The molecule has 1 rings (SSSR count). The number of nitrogens with one attached hydrogen (secondary N) is 1. The molecule has 5 heteroatoms. The molecule has 0 saturated carbocycles. The van der Waals surface area contributed by atoms with Gasteiger partial charge in [0.15, 0.2) is 6.10 Å². The van der Waals surface area contributed by atoms with Gasteiger partial charge in [-0.25, -0.2) is 0 Å². The van der Waals surface area contributed by atoms with E-state index in [0.717, 1.165) is 11.1 Å². The van der Waals surface area contributed by atoms with Gasteiger partial charge in [-0.3, -0.25) is 9.59 Å². The van der Waals surface area contributed by atoms with Gasteiger partial charge in [-0.05, 0) is 44.0 Å². The Labute approximate surface area is 106 Å². The smallest absolute Gasteiger partial charge is 0.322 e. The van der Waals surface area contributed by atoms with Crippen LogP contribution < -0.4 is 10.1 Å². The van der Waals surface area contributed by atoms with Gasteiger partial charge in [0, 0.05) is 0 Å². The molecule has 0 saturated heterocycles. The zero-order chi connectivity index (χ0) is 13.7. The third kappa shape index (κ3) is 4.08. The molecule has 0 fully saturated rings. The number of amides is 1. The second kappa shape index (κ2) is 6.05. The molecule has 1 atom stereocenters. The molecule has 1 unspecified atom stereocenters. The highest BCUT2D eigenvalue weighted by atomic mass is 16.5. The van der Waals surface area contributed by atoms with Gasteiger partial charge in [0.25, 0.3) is 5.91 Å². The van der Waals surface area contributed by atoms with Crippen molar-refractivity contribution in [1.29, 1.82) is 0 Å². The van der Waals surface area contributed by atoms with Crippen molar-refractivity contribution in [3.8, 4) is 5.75 Å². The van der Waals surface area contributed by atoms with E-state index in [2.05, 4.69) is 5.32 Å². The molecule has 1 amide bonds. The third-order valence-electron chi connectivity index (χ3n) is 2.57. The van der Waals surface area contributed by atoms with Crippen LogP contribution in [0.1, 0.15) is 18.1 Å². The van der Waals surface area contributed by atoms with E-state index >= 15 is 0 Å².